The second kappa shape index (κ2) is 3.17. The molecule has 0 aromatic rings. The zero-order valence-electron chi connectivity index (χ0n) is 8.83. The molecule has 0 saturated heterocycles. The molecule has 0 radical (unpaired) electrons. The topological polar surface area (TPSA) is 15.6 Å². The largest absolute Gasteiger partial charge is 0.277 e. The van der Waals surface area contributed by atoms with Crippen molar-refractivity contribution in [2.75, 3.05) is 6.54 Å². The minimum Gasteiger partial charge on any atom is -0.277 e. The zero-order valence-corrected chi connectivity index (χ0v) is 8.83. The van der Waals surface area contributed by atoms with Gasteiger partial charge in [0, 0.05) is 18.8 Å². The van der Waals surface area contributed by atoms with Crippen molar-refractivity contribution in [2.45, 2.75) is 46.8 Å². The lowest BCUT2D eigenvalue weighted by atomic mass is 9.91. The molecule has 12 heavy (non-hydrogen) atoms. The number of nitrogens with zero attached hydrogens (tertiary/aromatic N) is 2. The minimum absolute atomic E-state index is 0.261. The van der Waals surface area contributed by atoms with Crippen LogP contribution in [0.15, 0.2) is 4.99 Å². The highest BCUT2D eigenvalue weighted by Gasteiger charge is 2.33. The first-order valence-electron chi connectivity index (χ1n) is 4.70. The van der Waals surface area contributed by atoms with E-state index in [2.05, 4.69) is 44.5 Å². The average molecular weight is 168 g/mol. The van der Waals surface area contributed by atoms with Gasteiger partial charge in [-0.2, -0.15) is 0 Å². The Bertz CT molecular complexity index is 177. The number of aliphatic imine (C=N–C) groups is 1. The molecule has 2 heteroatoms. The Labute approximate surface area is 75.7 Å². The second-order valence-corrected chi connectivity index (χ2v) is 4.86. The van der Waals surface area contributed by atoms with Crippen molar-refractivity contribution in [3.05, 3.63) is 0 Å². The summed E-state index contributed by atoms with van der Waals surface area (Å²) < 4.78 is 0. The van der Waals surface area contributed by atoms with Gasteiger partial charge in [0.25, 0.3) is 0 Å². The number of hydrogen-bond donors (Lipinski definition) is 0. The molecule has 1 aliphatic heterocycles. The summed E-state index contributed by atoms with van der Waals surface area (Å²) in [5.41, 5.74) is 0.261. The van der Waals surface area contributed by atoms with E-state index in [9.17, 15) is 0 Å². The van der Waals surface area contributed by atoms with Crippen LogP contribution in [0.1, 0.15) is 34.6 Å². The molecule has 0 amide bonds. The van der Waals surface area contributed by atoms with E-state index in [1.807, 2.05) is 6.21 Å². The molecular formula is C10H20N2. The van der Waals surface area contributed by atoms with Crippen molar-refractivity contribution in [1.29, 1.82) is 0 Å². The summed E-state index contributed by atoms with van der Waals surface area (Å²) >= 11 is 0. The maximum Gasteiger partial charge on any atom is 0.107 e. The molecule has 0 fully saturated rings. The highest BCUT2D eigenvalue weighted by atomic mass is 15.3. The van der Waals surface area contributed by atoms with E-state index in [-0.39, 0.29) is 5.41 Å². The summed E-state index contributed by atoms with van der Waals surface area (Å²) in [6.45, 7) is 12.2. The molecule has 1 heterocycles. The molecule has 0 aromatic carbocycles. The molecule has 0 N–H and O–H groups in total. The van der Waals surface area contributed by atoms with Crippen LogP contribution in [0, 0.1) is 5.41 Å². The fourth-order valence-electron chi connectivity index (χ4n) is 1.64. The van der Waals surface area contributed by atoms with Crippen LogP contribution < -0.4 is 0 Å². The summed E-state index contributed by atoms with van der Waals surface area (Å²) in [6.07, 6.45) is 2.41. The van der Waals surface area contributed by atoms with Crippen molar-refractivity contribution in [3.8, 4) is 0 Å². The Kier molecular flexibility index (Phi) is 2.57. The van der Waals surface area contributed by atoms with Gasteiger partial charge in [0.05, 0.1) is 0 Å². The van der Waals surface area contributed by atoms with E-state index in [1.54, 1.807) is 0 Å². The molecule has 1 atom stereocenters. The third-order valence-corrected chi connectivity index (χ3v) is 2.29. The van der Waals surface area contributed by atoms with Gasteiger partial charge in [-0.25, -0.2) is 0 Å². The highest BCUT2D eigenvalue weighted by Crippen LogP contribution is 2.28. The van der Waals surface area contributed by atoms with Crippen molar-refractivity contribution in [2.24, 2.45) is 10.4 Å². The van der Waals surface area contributed by atoms with Gasteiger partial charge in [-0.3, -0.25) is 9.89 Å². The normalized spacial score (nSPS) is 25.7. The summed E-state index contributed by atoms with van der Waals surface area (Å²) in [5.74, 6) is 0. The minimum atomic E-state index is 0.261. The molecule has 0 spiro atoms. The number of hydrogen-bond acceptors (Lipinski definition) is 2. The first-order chi connectivity index (χ1) is 5.43. The standard InChI is InChI=1S/C10H20N2/c1-8(2)12-7-6-11-9(12)10(3,4)5/h6,8-9H,7H2,1-5H3. The summed E-state index contributed by atoms with van der Waals surface area (Å²) in [7, 11) is 0. The van der Waals surface area contributed by atoms with E-state index >= 15 is 0 Å². The van der Waals surface area contributed by atoms with E-state index < -0.39 is 0 Å². The van der Waals surface area contributed by atoms with E-state index in [4.69, 9.17) is 0 Å². The van der Waals surface area contributed by atoms with Crippen molar-refractivity contribution >= 4 is 6.21 Å². The van der Waals surface area contributed by atoms with Crippen LogP contribution in [-0.2, 0) is 0 Å². The second-order valence-electron chi connectivity index (χ2n) is 4.86. The van der Waals surface area contributed by atoms with Crippen LogP contribution in [0.25, 0.3) is 0 Å². The zero-order chi connectivity index (χ0) is 9.35. The molecule has 0 bridgehead atoms. The van der Waals surface area contributed by atoms with E-state index in [0.29, 0.717) is 12.2 Å². The van der Waals surface area contributed by atoms with Crippen molar-refractivity contribution in [3.63, 3.8) is 0 Å². The fourth-order valence-corrected chi connectivity index (χ4v) is 1.64. The van der Waals surface area contributed by atoms with Gasteiger partial charge in [-0.05, 0) is 19.3 Å². The molecule has 1 unspecified atom stereocenters. The van der Waals surface area contributed by atoms with Crippen molar-refractivity contribution < 1.29 is 0 Å². The molecule has 1 rings (SSSR count). The first kappa shape index (κ1) is 9.72. The Morgan fingerprint density at radius 2 is 2.00 bits per heavy atom. The first-order valence-corrected chi connectivity index (χ1v) is 4.70. The predicted octanol–water partition coefficient (Wildman–Crippen LogP) is 2.15. The predicted molar refractivity (Wildman–Crippen MR) is 53.6 cm³/mol. The van der Waals surface area contributed by atoms with Gasteiger partial charge in [0.2, 0.25) is 0 Å². The summed E-state index contributed by atoms with van der Waals surface area (Å²) in [5, 5.41) is 0. The summed E-state index contributed by atoms with van der Waals surface area (Å²) in [6, 6.07) is 0.594. The highest BCUT2D eigenvalue weighted by molar-refractivity contribution is 5.62. The van der Waals surface area contributed by atoms with Crippen LogP contribution in [0.3, 0.4) is 0 Å². The Morgan fingerprint density at radius 3 is 2.33 bits per heavy atom. The van der Waals surface area contributed by atoms with Gasteiger partial charge >= 0.3 is 0 Å². The van der Waals surface area contributed by atoms with Crippen LogP contribution in [0.5, 0.6) is 0 Å². The SMILES string of the molecule is CC(C)N1CC=NC1C(C)(C)C. The van der Waals surface area contributed by atoms with Gasteiger partial charge in [0.15, 0.2) is 0 Å². The Morgan fingerprint density at radius 1 is 1.42 bits per heavy atom. The molecule has 70 valence electrons. The van der Waals surface area contributed by atoms with Crippen LogP contribution in [0.4, 0.5) is 0 Å². The van der Waals surface area contributed by atoms with Crippen LogP contribution >= 0.6 is 0 Å². The average Bonchev–Trinajstić information content (AvgIpc) is 2.30. The lowest BCUT2D eigenvalue weighted by Crippen LogP contribution is -2.43. The van der Waals surface area contributed by atoms with Gasteiger partial charge < -0.3 is 0 Å². The Hall–Kier alpha value is -0.370. The summed E-state index contributed by atoms with van der Waals surface area (Å²) in [4.78, 5) is 6.94. The maximum absolute atomic E-state index is 4.51. The smallest absolute Gasteiger partial charge is 0.107 e. The van der Waals surface area contributed by atoms with E-state index in [0.717, 1.165) is 6.54 Å². The van der Waals surface area contributed by atoms with Crippen molar-refractivity contribution in [1.82, 2.24) is 4.90 Å². The quantitative estimate of drug-likeness (QED) is 0.586. The third-order valence-electron chi connectivity index (χ3n) is 2.29. The maximum atomic E-state index is 4.51. The molecule has 0 aliphatic carbocycles. The van der Waals surface area contributed by atoms with Gasteiger partial charge in [-0.1, -0.05) is 20.8 Å². The third kappa shape index (κ3) is 1.86. The van der Waals surface area contributed by atoms with Gasteiger partial charge in [0.1, 0.15) is 6.17 Å². The molecule has 0 saturated carbocycles. The van der Waals surface area contributed by atoms with Gasteiger partial charge in [-0.15, -0.1) is 0 Å². The number of rotatable bonds is 1. The fraction of sp³-hybridized carbons (Fsp3) is 0.900. The lowest BCUT2D eigenvalue weighted by Gasteiger charge is -2.35. The Balaban J connectivity index is 2.70. The monoisotopic (exact) mass is 168 g/mol. The van der Waals surface area contributed by atoms with E-state index in [1.165, 1.54) is 0 Å². The molecule has 2 nitrogen and oxygen atoms in total. The molecule has 1 aliphatic rings. The molecular weight excluding hydrogens is 148 g/mol. The van der Waals surface area contributed by atoms with Crippen LogP contribution in [-0.4, -0.2) is 29.9 Å². The molecule has 0 aromatic heterocycles. The lowest BCUT2D eigenvalue weighted by molar-refractivity contribution is 0.108. The van der Waals surface area contributed by atoms with Crippen LogP contribution in [0.2, 0.25) is 0 Å².